The van der Waals surface area contributed by atoms with E-state index in [1.807, 2.05) is 12.1 Å². The summed E-state index contributed by atoms with van der Waals surface area (Å²) in [6, 6.07) is 9.84. The van der Waals surface area contributed by atoms with Gasteiger partial charge in [-0.3, -0.25) is 9.59 Å². The minimum Gasteiger partial charge on any atom is -0.342 e. The molecule has 2 aliphatic heterocycles. The molecule has 0 saturated carbocycles. The van der Waals surface area contributed by atoms with Gasteiger partial charge in [-0.1, -0.05) is 18.2 Å². The highest BCUT2D eigenvalue weighted by molar-refractivity contribution is 5.92. The van der Waals surface area contributed by atoms with E-state index in [1.165, 1.54) is 5.56 Å². The number of carbonyl (C=O) groups excluding carboxylic acids is 2. The molecular formula is C18H19N5O2. The van der Waals surface area contributed by atoms with Crippen LogP contribution in [-0.4, -0.2) is 64.8 Å². The number of fused-ring (bicyclic) bond motifs is 1. The summed E-state index contributed by atoms with van der Waals surface area (Å²) in [6.07, 6.45) is 3.42. The Morgan fingerprint density at radius 2 is 1.84 bits per heavy atom. The third-order valence-corrected chi connectivity index (χ3v) is 4.74. The van der Waals surface area contributed by atoms with Crippen molar-refractivity contribution in [3.63, 3.8) is 0 Å². The van der Waals surface area contributed by atoms with E-state index >= 15 is 0 Å². The Bertz CT molecular complexity index is 802. The zero-order valence-electron chi connectivity index (χ0n) is 13.8. The summed E-state index contributed by atoms with van der Waals surface area (Å²) in [4.78, 5) is 37.9. The molecule has 2 aliphatic rings. The summed E-state index contributed by atoms with van der Waals surface area (Å²) in [5.41, 5.74) is 2.77. The minimum absolute atomic E-state index is 0.110. The van der Waals surface area contributed by atoms with Crippen molar-refractivity contribution >= 4 is 24.0 Å². The molecule has 25 heavy (non-hydrogen) atoms. The Hall–Kier alpha value is -2.96. The number of aromatic nitrogens is 2. The van der Waals surface area contributed by atoms with Gasteiger partial charge in [0.05, 0.1) is 0 Å². The van der Waals surface area contributed by atoms with Crippen LogP contribution in [0, 0.1) is 0 Å². The number of hydrogen-bond donors (Lipinski definition) is 0. The smallest absolute Gasteiger partial charge is 0.272 e. The molecular weight excluding hydrogens is 318 g/mol. The predicted molar refractivity (Wildman–Crippen MR) is 92.7 cm³/mol. The number of amides is 2. The van der Waals surface area contributed by atoms with Crippen molar-refractivity contribution < 1.29 is 9.59 Å². The summed E-state index contributed by atoms with van der Waals surface area (Å²) in [5, 5.41) is 0. The molecule has 1 fully saturated rings. The fourth-order valence-electron chi connectivity index (χ4n) is 3.34. The largest absolute Gasteiger partial charge is 0.342 e. The molecule has 2 amide bonds. The van der Waals surface area contributed by atoms with E-state index in [9.17, 15) is 9.59 Å². The number of anilines is 2. The van der Waals surface area contributed by atoms with Crippen molar-refractivity contribution in [1.82, 2.24) is 19.8 Å². The number of nitrogens with zero attached hydrogens (tertiary/aromatic N) is 5. The molecule has 1 aromatic heterocycles. The lowest BCUT2D eigenvalue weighted by molar-refractivity contribution is -0.119. The minimum atomic E-state index is -0.110. The third kappa shape index (κ3) is 2.93. The quantitative estimate of drug-likeness (QED) is 0.784. The van der Waals surface area contributed by atoms with Gasteiger partial charge in [0.1, 0.15) is 5.69 Å². The second-order valence-corrected chi connectivity index (χ2v) is 6.21. The fourth-order valence-corrected chi connectivity index (χ4v) is 3.34. The number of para-hydroxylation sites is 1. The first-order valence-corrected chi connectivity index (χ1v) is 8.43. The van der Waals surface area contributed by atoms with Gasteiger partial charge in [-0.05, 0) is 24.1 Å². The topological polar surface area (TPSA) is 69.6 Å². The Morgan fingerprint density at radius 3 is 2.64 bits per heavy atom. The van der Waals surface area contributed by atoms with E-state index in [-0.39, 0.29) is 5.91 Å². The van der Waals surface area contributed by atoms with Crippen LogP contribution in [0.2, 0.25) is 0 Å². The Balaban J connectivity index is 1.54. The normalized spacial score (nSPS) is 16.7. The molecule has 1 aromatic carbocycles. The summed E-state index contributed by atoms with van der Waals surface area (Å²) in [7, 11) is 0. The van der Waals surface area contributed by atoms with Crippen molar-refractivity contribution in [2.24, 2.45) is 0 Å². The second kappa shape index (κ2) is 6.51. The molecule has 0 bridgehead atoms. The van der Waals surface area contributed by atoms with Gasteiger partial charge in [-0.15, -0.1) is 0 Å². The van der Waals surface area contributed by atoms with Crippen LogP contribution in [0.3, 0.4) is 0 Å². The van der Waals surface area contributed by atoms with Crippen molar-refractivity contribution in [1.29, 1.82) is 0 Å². The second-order valence-electron chi connectivity index (χ2n) is 6.21. The van der Waals surface area contributed by atoms with Gasteiger partial charge < -0.3 is 14.7 Å². The van der Waals surface area contributed by atoms with E-state index in [2.05, 4.69) is 27.0 Å². The summed E-state index contributed by atoms with van der Waals surface area (Å²) in [6.45, 7) is 3.00. The summed E-state index contributed by atoms with van der Waals surface area (Å²) >= 11 is 0. The molecule has 7 heteroatoms. The number of rotatable bonds is 3. The first kappa shape index (κ1) is 15.6. The number of benzene rings is 1. The molecule has 0 radical (unpaired) electrons. The highest BCUT2D eigenvalue weighted by atomic mass is 16.2. The lowest BCUT2D eigenvalue weighted by Gasteiger charge is -2.32. The molecule has 0 unspecified atom stereocenters. The van der Waals surface area contributed by atoms with Crippen LogP contribution in [-0.2, 0) is 11.2 Å². The van der Waals surface area contributed by atoms with E-state index in [1.54, 1.807) is 22.1 Å². The lowest BCUT2D eigenvalue weighted by atomic mass is 10.2. The van der Waals surface area contributed by atoms with Crippen LogP contribution in [0.1, 0.15) is 16.1 Å². The van der Waals surface area contributed by atoms with Gasteiger partial charge in [0.15, 0.2) is 0 Å². The number of carbonyl (C=O) groups is 2. The maximum Gasteiger partial charge on any atom is 0.272 e. The standard InChI is InChI=1S/C18H19N5O2/c24-13-21-9-11-22(12-10-21)17(25)15-5-7-19-18(20-15)23-8-6-14-3-1-2-4-16(14)23/h1-5,7,13H,6,8-12H2. The van der Waals surface area contributed by atoms with Crippen molar-refractivity contribution in [2.75, 3.05) is 37.6 Å². The molecule has 0 atom stereocenters. The molecule has 0 spiro atoms. The number of hydrogen-bond acceptors (Lipinski definition) is 5. The molecule has 3 heterocycles. The van der Waals surface area contributed by atoms with Crippen molar-refractivity contribution in [3.8, 4) is 0 Å². The van der Waals surface area contributed by atoms with Gasteiger partial charge in [-0.2, -0.15) is 0 Å². The SMILES string of the molecule is O=CN1CCN(C(=O)c2ccnc(N3CCc4ccccc43)n2)CC1. The van der Waals surface area contributed by atoms with E-state index in [0.29, 0.717) is 37.8 Å². The van der Waals surface area contributed by atoms with Gasteiger partial charge in [0, 0.05) is 44.6 Å². The van der Waals surface area contributed by atoms with Crippen LogP contribution in [0.15, 0.2) is 36.5 Å². The van der Waals surface area contributed by atoms with Crippen molar-refractivity contribution in [3.05, 3.63) is 47.8 Å². The average Bonchev–Trinajstić information content (AvgIpc) is 3.12. The molecule has 0 N–H and O–H groups in total. The zero-order valence-corrected chi connectivity index (χ0v) is 13.8. The Morgan fingerprint density at radius 1 is 1.04 bits per heavy atom. The maximum absolute atomic E-state index is 12.7. The predicted octanol–water partition coefficient (Wildman–Crippen LogP) is 1.08. The van der Waals surface area contributed by atoms with Gasteiger partial charge in [-0.25, -0.2) is 9.97 Å². The molecule has 2 aromatic rings. The van der Waals surface area contributed by atoms with Gasteiger partial charge >= 0.3 is 0 Å². The van der Waals surface area contributed by atoms with E-state index in [4.69, 9.17) is 0 Å². The number of piperazine rings is 1. The van der Waals surface area contributed by atoms with Crippen LogP contribution < -0.4 is 4.90 Å². The van der Waals surface area contributed by atoms with Gasteiger partial charge in [0.2, 0.25) is 12.4 Å². The lowest BCUT2D eigenvalue weighted by Crippen LogP contribution is -2.48. The maximum atomic E-state index is 12.7. The first-order valence-electron chi connectivity index (χ1n) is 8.43. The summed E-state index contributed by atoms with van der Waals surface area (Å²) < 4.78 is 0. The van der Waals surface area contributed by atoms with E-state index < -0.39 is 0 Å². The molecule has 1 saturated heterocycles. The van der Waals surface area contributed by atoms with Crippen LogP contribution in [0.4, 0.5) is 11.6 Å². The fraction of sp³-hybridized carbons (Fsp3) is 0.333. The third-order valence-electron chi connectivity index (χ3n) is 4.74. The molecule has 128 valence electrons. The molecule has 4 rings (SSSR count). The monoisotopic (exact) mass is 337 g/mol. The highest BCUT2D eigenvalue weighted by Crippen LogP contribution is 2.32. The van der Waals surface area contributed by atoms with Crippen LogP contribution >= 0.6 is 0 Å². The summed E-state index contributed by atoms with van der Waals surface area (Å²) in [5.74, 6) is 0.448. The van der Waals surface area contributed by atoms with Crippen LogP contribution in [0.5, 0.6) is 0 Å². The Kier molecular flexibility index (Phi) is 4.05. The molecule has 0 aliphatic carbocycles. The van der Waals surface area contributed by atoms with E-state index in [0.717, 1.165) is 25.1 Å². The first-order chi connectivity index (χ1) is 12.3. The Labute approximate surface area is 145 Å². The van der Waals surface area contributed by atoms with Crippen molar-refractivity contribution in [2.45, 2.75) is 6.42 Å². The highest BCUT2D eigenvalue weighted by Gasteiger charge is 2.25. The molecule has 7 nitrogen and oxygen atoms in total. The van der Waals surface area contributed by atoms with Crippen LogP contribution in [0.25, 0.3) is 0 Å². The zero-order chi connectivity index (χ0) is 17.2. The average molecular weight is 337 g/mol. The van der Waals surface area contributed by atoms with Gasteiger partial charge in [0.25, 0.3) is 5.91 Å².